The highest BCUT2D eigenvalue weighted by Gasteiger charge is 2.25. The van der Waals surface area contributed by atoms with E-state index in [9.17, 15) is 22.9 Å². The Morgan fingerprint density at radius 3 is 2.41 bits per heavy atom. The van der Waals surface area contributed by atoms with Crippen LogP contribution in [0.5, 0.6) is 0 Å². The Hall–Kier alpha value is -5.32. The van der Waals surface area contributed by atoms with Crippen LogP contribution in [0.2, 0.25) is 5.02 Å². The number of benzene rings is 5. The van der Waals surface area contributed by atoms with E-state index in [2.05, 4.69) is 54.1 Å². The molecule has 1 atom stereocenters. The fourth-order valence-electron chi connectivity index (χ4n) is 6.99. The second-order valence-corrected chi connectivity index (χ2v) is 17.8. The molecule has 1 fully saturated rings. The monoisotopic (exact) mass is 854 g/mol. The Kier molecular flexibility index (Phi) is 13.3. The van der Waals surface area contributed by atoms with Gasteiger partial charge in [-0.15, -0.1) is 11.8 Å². The first-order chi connectivity index (χ1) is 28.4. The van der Waals surface area contributed by atoms with Crippen molar-refractivity contribution in [3.8, 4) is 11.1 Å². The summed E-state index contributed by atoms with van der Waals surface area (Å²) in [7, 11) is -0.423. The van der Waals surface area contributed by atoms with Crippen molar-refractivity contribution >= 4 is 67.2 Å². The molecule has 0 spiro atoms. The molecule has 7 rings (SSSR count). The lowest BCUT2D eigenvalue weighted by Crippen LogP contribution is -2.46. The van der Waals surface area contributed by atoms with E-state index < -0.39 is 14.9 Å². The molecule has 0 aliphatic carbocycles. The van der Waals surface area contributed by atoms with E-state index >= 15 is 0 Å². The number of halogens is 2. The van der Waals surface area contributed by atoms with Crippen LogP contribution in [-0.4, -0.2) is 91.7 Å². The summed E-state index contributed by atoms with van der Waals surface area (Å²) in [6.45, 7) is 4.83. The standard InChI is InChI=1S/C43H44ClFN8O4S2/c1-50(2)20-19-34(28-58-36-14-11-33(45)12-15-36)48-40-18-16-37(26-42(40)53(54)55)59(56,57)49-43-39-17-13-35(25-41(39)46-29-47-43)52-23-21-51(22-24-52)27-31-5-3-4-6-38(31)30-7-9-32(44)10-8-30/h3-18,25-26,29,34,48H,19-24,27-28H2,1-2H3,(H,46,47,49). The number of nitro benzene ring substituents is 1. The summed E-state index contributed by atoms with van der Waals surface area (Å²) in [5.74, 6) is 0.277. The average molecular weight is 855 g/mol. The van der Waals surface area contributed by atoms with Gasteiger partial charge in [0.15, 0.2) is 5.82 Å². The number of hydrogen-bond donors (Lipinski definition) is 2. The van der Waals surface area contributed by atoms with Gasteiger partial charge in [-0.1, -0.05) is 48.0 Å². The SMILES string of the molecule is CN(C)CCC(CSc1ccc(F)cc1)Nc1ccc(S(=O)(=O)Nc2ncnc3cc(N4CCN(Cc5ccccc5-c5ccc(Cl)cc5)CC4)ccc23)cc1[N+](=O)[O-]. The topological polar surface area (TPSA) is 137 Å². The van der Waals surface area contributed by atoms with Crippen molar-refractivity contribution in [1.29, 1.82) is 0 Å². The second kappa shape index (κ2) is 18.7. The molecule has 2 N–H and O–H groups in total. The Morgan fingerprint density at radius 1 is 0.932 bits per heavy atom. The van der Waals surface area contributed by atoms with Gasteiger partial charge in [-0.05, 0) is 110 Å². The molecule has 16 heteroatoms. The summed E-state index contributed by atoms with van der Waals surface area (Å²) in [4.78, 5) is 27.7. The third-order valence-corrected chi connectivity index (χ3v) is 12.9. The van der Waals surface area contributed by atoms with Crippen LogP contribution in [0.25, 0.3) is 22.0 Å². The molecule has 1 aliphatic rings. The zero-order valence-electron chi connectivity index (χ0n) is 32.6. The highest BCUT2D eigenvalue weighted by atomic mass is 35.5. The molecule has 1 unspecified atom stereocenters. The summed E-state index contributed by atoms with van der Waals surface area (Å²) in [6, 6.07) is 31.7. The van der Waals surface area contributed by atoms with Crippen LogP contribution in [0.3, 0.4) is 0 Å². The Balaban J connectivity index is 1.02. The predicted octanol–water partition coefficient (Wildman–Crippen LogP) is 8.65. The number of thioether (sulfide) groups is 1. The van der Waals surface area contributed by atoms with Gasteiger partial charge in [0.05, 0.1) is 15.3 Å². The fraction of sp³-hybridized carbons (Fsp3) is 0.256. The number of aromatic nitrogens is 2. The summed E-state index contributed by atoms with van der Waals surface area (Å²) < 4.78 is 43.5. The van der Waals surface area contributed by atoms with Gasteiger partial charge in [-0.25, -0.2) is 22.8 Å². The minimum Gasteiger partial charge on any atom is -0.376 e. The molecule has 306 valence electrons. The average Bonchev–Trinajstić information content (AvgIpc) is 3.23. The van der Waals surface area contributed by atoms with Gasteiger partial charge in [-0.3, -0.25) is 19.7 Å². The number of anilines is 3. The Bertz CT molecular complexity index is 2520. The molecule has 6 aromatic rings. The number of piperazine rings is 1. The molecule has 2 heterocycles. The molecule has 59 heavy (non-hydrogen) atoms. The maximum atomic E-state index is 13.7. The second-order valence-electron chi connectivity index (χ2n) is 14.6. The lowest BCUT2D eigenvalue weighted by molar-refractivity contribution is -0.384. The van der Waals surface area contributed by atoms with Crippen molar-refractivity contribution in [3.05, 3.63) is 142 Å². The zero-order chi connectivity index (χ0) is 41.5. The van der Waals surface area contributed by atoms with Crippen molar-refractivity contribution in [2.45, 2.75) is 28.8 Å². The van der Waals surface area contributed by atoms with E-state index in [1.165, 1.54) is 53.5 Å². The maximum Gasteiger partial charge on any atom is 0.293 e. The van der Waals surface area contributed by atoms with Crippen LogP contribution in [0.1, 0.15) is 12.0 Å². The fourth-order valence-corrected chi connectivity index (χ4v) is 9.14. The zero-order valence-corrected chi connectivity index (χ0v) is 35.0. The van der Waals surface area contributed by atoms with E-state index in [4.69, 9.17) is 11.6 Å². The molecule has 0 radical (unpaired) electrons. The number of nitrogens with zero attached hydrogens (tertiary/aromatic N) is 6. The van der Waals surface area contributed by atoms with Crippen LogP contribution in [0.15, 0.2) is 125 Å². The van der Waals surface area contributed by atoms with E-state index in [0.29, 0.717) is 34.6 Å². The minimum absolute atomic E-state index is 0.0668. The van der Waals surface area contributed by atoms with Crippen molar-refractivity contribution in [3.63, 3.8) is 0 Å². The molecular weight excluding hydrogens is 811 g/mol. The molecule has 12 nitrogen and oxygen atoms in total. The van der Waals surface area contributed by atoms with Crippen molar-refractivity contribution in [2.75, 3.05) is 67.5 Å². The minimum atomic E-state index is -4.30. The maximum absolute atomic E-state index is 13.7. The van der Waals surface area contributed by atoms with E-state index in [1.54, 1.807) is 18.2 Å². The third-order valence-electron chi connectivity index (χ3n) is 10.2. The first-order valence-electron chi connectivity index (χ1n) is 19.1. The first kappa shape index (κ1) is 41.8. The summed E-state index contributed by atoms with van der Waals surface area (Å²) in [6.07, 6.45) is 1.95. The summed E-state index contributed by atoms with van der Waals surface area (Å²) in [5.41, 5.74) is 4.91. The number of rotatable bonds is 16. The first-order valence-corrected chi connectivity index (χ1v) is 21.9. The van der Waals surface area contributed by atoms with Gasteiger partial charge in [0.1, 0.15) is 17.8 Å². The molecule has 0 saturated carbocycles. The summed E-state index contributed by atoms with van der Waals surface area (Å²) in [5, 5.41) is 16.8. The smallest absolute Gasteiger partial charge is 0.293 e. The van der Waals surface area contributed by atoms with E-state index in [1.807, 2.05) is 55.4 Å². The largest absolute Gasteiger partial charge is 0.376 e. The summed E-state index contributed by atoms with van der Waals surface area (Å²) >= 11 is 7.63. The third kappa shape index (κ3) is 10.7. The van der Waals surface area contributed by atoms with Crippen LogP contribution in [0.4, 0.5) is 27.3 Å². The molecule has 0 amide bonds. The lowest BCUT2D eigenvalue weighted by atomic mass is 9.99. The number of fused-ring (bicyclic) bond motifs is 1. The van der Waals surface area contributed by atoms with E-state index in [0.717, 1.165) is 54.9 Å². The number of nitrogens with one attached hydrogen (secondary N) is 2. The molecular formula is C43H44ClFN8O4S2. The van der Waals surface area contributed by atoms with Gasteiger partial charge in [0, 0.05) is 71.6 Å². The highest BCUT2D eigenvalue weighted by Crippen LogP contribution is 2.33. The van der Waals surface area contributed by atoms with Crippen molar-refractivity contribution in [2.24, 2.45) is 0 Å². The normalized spacial score (nSPS) is 14.1. The van der Waals surface area contributed by atoms with Crippen LogP contribution >= 0.6 is 23.4 Å². The molecule has 1 aromatic heterocycles. The van der Waals surface area contributed by atoms with Crippen molar-refractivity contribution in [1.82, 2.24) is 19.8 Å². The van der Waals surface area contributed by atoms with E-state index in [-0.39, 0.29) is 33.9 Å². The Morgan fingerprint density at radius 2 is 1.68 bits per heavy atom. The van der Waals surface area contributed by atoms with Gasteiger partial charge >= 0.3 is 0 Å². The number of hydrogen-bond acceptors (Lipinski definition) is 11. The molecule has 5 aromatic carbocycles. The quantitative estimate of drug-likeness (QED) is 0.0550. The van der Waals surface area contributed by atoms with Gasteiger partial charge < -0.3 is 15.1 Å². The highest BCUT2D eigenvalue weighted by molar-refractivity contribution is 7.99. The molecule has 1 saturated heterocycles. The van der Waals surface area contributed by atoms with Gasteiger partial charge in [0.25, 0.3) is 15.7 Å². The molecule has 1 aliphatic heterocycles. The predicted molar refractivity (Wildman–Crippen MR) is 236 cm³/mol. The van der Waals surface area contributed by atoms with Crippen LogP contribution in [0, 0.1) is 15.9 Å². The van der Waals surface area contributed by atoms with Gasteiger partial charge in [-0.2, -0.15) is 0 Å². The van der Waals surface area contributed by atoms with Crippen molar-refractivity contribution < 1.29 is 17.7 Å². The Labute approximate surface area is 352 Å². The van der Waals surface area contributed by atoms with Crippen LogP contribution < -0.4 is 14.9 Å². The number of nitro groups is 1. The van der Waals surface area contributed by atoms with Crippen LogP contribution in [-0.2, 0) is 16.6 Å². The lowest BCUT2D eigenvalue weighted by Gasteiger charge is -2.36. The molecule has 0 bridgehead atoms. The van der Waals surface area contributed by atoms with Gasteiger partial charge in [0.2, 0.25) is 0 Å². The number of sulfonamides is 1.